The Balaban J connectivity index is 1.69. The van der Waals surface area contributed by atoms with E-state index in [1.807, 2.05) is 36.4 Å². The van der Waals surface area contributed by atoms with Crippen LogP contribution in [0.1, 0.15) is 16.7 Å². The van der Waals surface area contributed by atoms with Crippen LogP contribution in [-0.2, 0) is 29.3 Å². The Bertz CT molecular complexity index is 645. The Morgan fingerprint density at radius 3 is 2.95 bits per heavy atom. The molecule has 0 fully saturated rings. The molecule has 0 radical (unpaired) electrons. The van der Waals surface area contributed by atoms with E-state index in [4.69, 9.17) is 31.5 Å². The number of hydrogen-bond donors (Lipinski definition) is 1. The van der Waals surface area contributed by atoms with Crippen LogP contribution >= 0.6 is 11.6 Å². The molecule has 0 unspecified atom stereocenters. The third kappa shape index (κ3) is 3.47. The Morgan fingerprint density at radius 2 is 2.10 bits per heavy atom. The van der Waals surface area contributed by atoms with E-state index in [1.165, 1.54) is 0 Å². The summed E-state index contributed by atoms with van der Waals surface area (Å²) in [5.74, 6) is 0.821. The first-order chi connectivity index (χ1) is 10.2. The molecule has 4 nitrogen and oxygen atoms in total. The lowest BCUT2D eigenvalue weighted by atomic mass is 10.1. The van der Waals surface area contributed by atoms with Crippen molar-refractivity contribution in [2.45, 2.75) is 19.8 Å². The summed E-state index contributed by atoms with van der Waals surface area (Å²) >= 11 is 5.95. The number of nitrogens with two attached hydrogens (primary N) is 1. The summed E-state index contributed by atoms with van der Waals surface area (Å²) in [5, 5.41) is 0.706. The molecule has 1 aliphatic heterocycles. The topological polar surface area (TPSA) is 53.7 Å². The third-order valence-electron chi connectivity index (χ3n) is 3.22. The zero-order valence-corrected chi connectivity index (χ0v) is 12.2. The van der Waals surface area contributed by atoms with Gasteiger partial charge in [0.1, 0.15) is 5.75 Å². The molecule has 1 heterocycles. The van der Waals surface area contributed by atoms with E-state index < -0.39 is 0 Å². The van der Waals surface area contributed by atoms with Crippen LogP contribution in [0.2, 0.25) is 5.02 Å². The summed E-state index contributed by atoms with van der Waals surface area (Å²) in [6.45, 7) is 1.69. The molecule has 21 heavy (non-hydrogen) atoms. The van der Waals surface area contributed by atoms with Gasteiger partial charge in [0.25, 0.3) is 0 Å². The number of hydrogen-bond acceptors (Lipinski definition) is 4. The smallest absolute Gasteiger partial charge is 0.189 e. The van der Waals surface area contributed by atoms with Gasteiger partial charge in [-0.1, -0.05) is 23.7 Å². The van der Waals surface area contributed by atoms with Gasteiger partial charge in [0.05, 0.1) is 19.8 Å². The fourth-order valence-electron chi connectivity index (χ4n) is 2.34. The molecule has 2 aromatic carbocycles. The SMILES string of the molecule is Nc1cc2c(c(COCc3cccc(Cl)c3)c1)OCOC2. The molecule has 0 aromatic heterocycles. The van der Waals surface area contributed by atoms with Crippen LogP contribution < -0.4 is 10.5 Å². The standard InChI is InChI=1S/C16H16ClNO3/c17-14-3-1-2-11(4-14)7-19-8-12-5-15(18)6-13-9-20-10-21-16(12)13/h1-6H,7-10,18H2. The highest BCUT2D eigenvalue weighted by Gasteiger charge is 2.16. The highest BCUT2D eigenvalue weighted by atomic mass is 35.5. The minimum absolute atomic E-state index is 0.262. The van der Waals surface area contributed by atoms with Crippen molar-refractivity contribution in [1.29, 1.82) is 0 Å². The van der Waals surface area contributed by atoms with Crippen LogP contribution in [0.4, 0.5) is 5.69 Å². The maximum absolute atomic E-state index is 5.95. The molecule has 2 N–H and O–H groups in total. The number of benzene rings is 2. The Morgan fingerprint density at radius 1 is 1.19 bits per heavy atom. The molecule has 2 aromatic rings. The Labute approximate surface area is 128 Å². The number of anilines is 1. The van der Waals surface area contributed by atoms with Crippen molar-refractivity contribution in [2.75, 3.05) is 12.5 Å². The minimum atomic E-state index is 0.262. The fraction of sp³-hybridized carbons (Fsp3) is 0.250. The van der Waals surface area contributed by atoms with Gasteiger partial charge >= 0.3 is 0 Å². The van der Waals surface area contributed by atoms with Gasteiger partial charge in [0.15, 0.2) is 6.79 Å². The van der Waals surface area contributed by atoms with Crippen molar-refractivity contribution in [2.24, 2.45) is 0 Å². The van der Waals surface area contributed by atoms with E-state index in [2.05, 4.69) is 0 Å². The summed E-state index contributed by atoms with van der Waals surface area (Å²) in [4.78, 5) is 0. The maximum Gasteiger partial charge on any atom is 0.189 e. The predicted octanol–water partition coefficient (Wildman–Crippen LogP) is 3.51. The number of halogens is 1. The van der Waals surface area contributed by atoms with Gasteiger partial charge in [-0.15, -0.1) is 0 Å². The van der Waals surface area contributed by atoms with Crippen LogP contribution in [0.5, 0.6) is 5.75 Å². The highest BCUT2D eigenvalue weighted by Crippen LogP contribution is 2.31. The Kier molecular flexibility index (Phi) is 4.29. The molecule has 0 spiro atoms. The lowest BCUT2D eigenvalue weighted by molar-refractivity contribution is -0.0185. The van der Waals surface area contributed by atoms with E-state index in [1.54, 1.807) is 0 Å². The second-order valence-electron chi connectivity index (χ2n) is 4.90. The molecule has 0 aliphatic carbocycles. The van der Waals surface area contributed by atoms with Crippen molar-refractivity contribution in [3.8, 4) is 5.75 Å². The molecule has 0 atom stereocenters. The van der Waals surface area contributed by atoms with Crippen molar-refractivity contribution >= 4 is 17.3 Å². The van der Waals surface area contributed by atoms with Crippen LogP contribution in [0, 0.1) is 0 Å². The van der Waals surface area contributed by atoms with Crippen LogP contribution in [0.3, 0.4) is 0 Å². The number of nitrogen functional groups attached to an aromatic ring is 1. The predicted molar refractivity (Wildman–Crippen MR) is 81.1 cm³/mol. The first-order valence-corrected chi connectivity index (χ1v) is 7.04. The molecule has 1 aliphatic rings. The molecule has 0 saturated heterocycles. The van der Waals surface area contributed by atoms with E-state index >= 15 is 0 Å². The zero-order valence-electron chi connectivity index (χ0n) is 11.5. The summed E-state index contributed by atoms with van der Waals surface area (Å²) in [5.41, 5.74) is 9.52. The molecule has 0 amide bonds. The average molecular weight is 306 g/mol. The van der Waals surface area contributed by atoms with Crippen molar-refractivity contribution < 1.29 is 14.2 Å². The van der Waals surface area contributed by atoms with Crippen LogP contribution in [0.15, 0.2) is 36.4 Å². The first kappa shape index (κ1) is 14.2. The monoisotopic (exact) mass is 305 g/mol. The third-order valence-corrected chi connectivity index (χ3v) is 3.46. The van der Waals surface area contributed by atoms with Gasteiger partial charge in [-0.05, 0) is 29.8 Å². The molecule has 0 bridgehead atoms. The largest absolute Gasteiger partial charge is 0.467 e. The van der Waals surface area contributed by atoms with Gasteiger partial charge < -0.3 is 19.9 Å². The van der Waals surface area contributed by atoms with Crippen LogP contribution in [0.25, 0.3) is 0 Å². The van der Waals surface area contributed by atoms with Gasteiger partial charge in [-0.25, -0.2) is 0 Å². The van der Waals surface area contributed by atoms with Crippen molar-refractivity contribution in [3.63, 3.8) is 0 Å². The van der Waals surface area contributed by atoms with Gasteiger partial charge in [-0.2, -0.15) is 0 Å². The first-order valence-electron chi connectivity index (χ1n) is 6.66. The van der Waals surface area contributed by atoms with E-state index in [0.29, 0.717) is 30.5 Å². The highest BCUT2D eigenvalue weighted by molar-refractivity contribution is 6.30. The normalized spacial score (nSPS) is 13.6. The van der Waals surface area contributed by atoms with E-state index in [-0.39, 0.29) is 6.79 Å². The van der Waals surface area contributed by atoms with Gasteiger partial charge in [0, 0.05) is 21.8 Å². The number of ether oxygens (including phenoxy) is 3. The summed E-state index contributed by atoms with van der Waals surface area (Å²) in [6.07, 6.45) is 0. The minimum Gasteiger partial charge on any atom is -0.467 e. The van der Waals surface area contributed by atoms with Gasteiger partial charge in [0.2, 0.25) is 0 Å². The van der Waals surface area contributed by atoms with Crippen molar-refractivity contribution in [1.82, 2.24) is 0 Å². The van der Waals surface area contributed by atoms with Gasteiger partial charge in [-0.3, -0.25) is 0 Å². The molecule has 110 valence electrons. The van der Waals surface area contributed by atoms with E-state index in [9.17, 15) is 0 Å². The lowest BCUT2D eigenvalue weighted by Crippen LogP contribution is -2.14. The second-order valence-corrected chi connectivity index (χ2v) is 5.34. The summed E-state index contributed by atoms with van der Waals surface area (Å²) < 4.78 is 16.6. The lowest BCUT2D eigenvalue weighted by Gasteiger charge is -2.21. The number of fused-ring (bicyclic) bond motifs is 1. The summed E-state index contributed by atoms with van der Waals surface area (Å²) in [6, 6.07) is 11.4. The molecule has 3 rings (SSSR count). The Hall–Kier alpha value is -1.75. The second kappa shape index (κ2) is 6.35. The molecular formula is C16H16ClNO3. The maximum atomic E-state index is 5.95. The zero-order chi connectivity index (χ0) is 14.7. The molecular weight excluding hydrogens is 290 g/mol. The van der Waals surface area contributed by atoms with Crippen molar-refractivity contribution in [3.05, 3.63) is 58.1 Å². The van der Waals surface area contributed by atoms with Crippen LogP contribution in [-0.4, -0.2) is 6.79 Å². The molecule has 5 heteroatoms. The van der Waals surface area contributed by atoms with E-state index in [0.717, 1.165) is 22.4 Å². The average Bonchev–Trinajstić information content (AvgIpc) is 2.47. The summed E-state index contributed by atoms with van der Waals surface area (Å²) in [7, 11) is 0. The fourth-order valence-corrected chi connectivity index (χ4v) is 2.55. The molecule has 0 saturated carbocycles. The quantitative estimate of drug-likeness (QED) is 0.878. The number of rotatable bonds is 4.